The SMILES string of the molecule is CO[Si](C)(O[Si](C)(C)O[Si](C)(C)O[Si](C)(OC)c1ccccc1)c1ccccc1. The van der Waals surface area contributed by atoms with E-state index in [1.54, 1.807) is 14.2 Å². The molecule has 2 unspecified atom stereocenters. The normalized spacial score (nSPS) is 16.8. The molecule has 0 aliphatic carbocycles. The fraction of sp³-hybridized carbons (Fsp3) is 0.400. The molecule has 0 amide bonds. The van der Waals surface area contributed by atoms with Crippen LogP contribution in [0.2, 0.25) is 39.3 Å². The minimum Gasteiger partial charge on any atom is -0.416 e. The first-order valence-electron chi connectivity index (χ1n) is 9.77. The molecule has 0 aromatic heterocycles. The van der Waals surface area contributed by atoms with Crippen molar-refractivity contribution in [3.05, 3.63) is 60.7 Å². The summed E-state index contributed by atoms with van der Waals surface area (Å²) >= 11 is 0. The van der Waals surface area contributed by atoms with Gasteiger partial charge in [0.25, 0.3) is 0 Å². The topological polar surface area (TPSA) is 46.2 Å². The average molecular weight is 467 g/mol. The van der Waals surface area contributed by atoms with Crippen molar-refractivity contribution in [2.45, 2.75) is 39.3 Å². The smallest absolute Gasteiger partial charge is 0.360 e. The first-order chi connectivity index (χ1) is 13.5. The highest BCUT2D eigenvalue weighted by molar-refractivity contribution is 6.93. The van der Waals surface area contributed by atoms with E-state index in [0.717, 1.165) is 10.4 Å². The first kappa shape index (κ1) is 24.4. The van der Waals surface area contributed by atoms with Gasteiger partial charge < -0.3 is 21.2 Å². The van der Waals surface area contributed by atoms with Crippen molar-refractivity contribution in [3.63, 3.8) is 0 Å². The molecule has 5 nitrogen and oxygen atoms in total. The van der Waals surface area contributed by atoms with Crippen LogP contribution in [0.3, 0.4) is 0 Å². The predicted molar refractivity (Wildman–Crippen MR) is 128 cm³/mol. The Morgan fingerprint density at radius 2 is 0.793 bits per heavy atom. The van der Waals surface area contributed by atoms with E-state index in [0.29, 0.717) is 0 Å². The Kier molecular flexibility index (Phi) is 7.98. The van der Waals surface area contributed by atoms with Gasteiger partial charge in [-0.2, -0.15) is 0 Å². The molecule has 0 fully saturated rings. The summed E-state index contributed by atoms with van der Waals surface area (Å²) in [5.74, 6) is 0. The standard InChI is InChI=1S/C20H34O5Si4/c1-21-28(7,19-15-11-9-12-16-19)24-26(3,4)23-27(5,6)25-29(8,22-2)20-17-13-10-14-18-20/h9-18H,1-8H3. The molecule has 0 N–H and O–H groups in total. The van der Waals surface area contributed by atoms with Crippen molar-refractivity contribution in [2.75, 3.05) is 14.2 Å². The van der Waals surface area contributed by atoms with E-state index >= 15 is 0 Å². The minimum absolute atomic E-state index is 1.09. The second-order valence-corrected chi connectivity index (χ2v) is 21.9. The molecule has 0 bridgehead atoms. The first-order valence-corrected chi connectivity index (χ1v) is 20.0. The largest absolute Gasteiger partial charge is 0.416 e. The van der Waals surface area contributed by atoms with E-state index in [2.05, 4.69) is 63.5 Å². The molecule has 160 valence electrons. The lowest BCUT2D eigenvalue weighted by atomic mass is 10.4. The third-order valence-corrected chi connectivity index (χ3v) is 20.1. The van der Waals surface area contributed by atoms with E-state index in [1.807, 2.05) is 36.4 Å². The van der Waals surface area contributed by atoms with Crippen molar-refractivity contribution in [2.24, 2.45) is 0 Å². The minimum atomic E-state index is -2.58. The maximum absolute atomic E-state index is 6.61. The fourth-order valence-electron chi connectivity index (χ4n) is 3.49. The molecule has 2 atom stereocenters. The zero-order valence-corrected chi connectivity index (χ0v) is 22.8. The highest BCUT2D eigenvalue weighted by Gasteiger charge is 2.48. The molecular formula is C20H34O5Si4. The van der Waals surface area contributed by atoms with Crippen molar-refractivity contribution in [3.8, 4) is 0 Å². The molecule has 0 aliphatic rings. The van der Waals surface area contributed by atoms with Crippen molar-refractivity contribution >= 4 is 44.6 Å². The van der Waals surface area contributed by atoms with E-state index in [-0.39, 0.29) is 0 Å². The Morgan fingerprint density at radius 3 is 1.07 bits per heavy atom. The van der Waals surface area contributed by atoms with Gasteiger partial charge in [-0.05, 0) is 49.7 Å². The lowest BCUT2D eigenvalue weighted by molar-refractivity contribution is 0.252. The molecule has 2 aromatic rings. The molecule has 2 rings (SSSR count). The number of benzene rings is 2. The van der Waals surface area contributed by atoms with Crippen LogP contribution in [0, 0.1) is 0 Å². The Morgan fingerprint density at radius 1 is 0.483 bits per heavy atom. The summed E-state index contributed by atoms with van der Waals surface area (Å²) in [7, 11) is -6.84. The van der Waals surface area contributed by atoms with Crippen LogP contribution in [0.1, 0.15) is 0 Å². The zero-order valence-electron chi connectivity index (χ0n) is 18.8. The summed E-state index contributed by atoms with van der Waals surface area (Å²) < 4.78 is 31.6. The van der Waals surface area contributed by atoms with Crippen LogP contribution in [-0.4, -0.2) is 48.5 Å². The molecule has 0 saturated heterocycles. The molecule has 0 heterocycles. The van der Waals surface area contributed by atoms with Crippen LogP contribution in [0.15, 0.2) is 60.7 Å². The van der Waals surface area contributed by atoms with Gasteiger partial charge in [0.1, 0.15) is 0 Å². The van der Waals surface area contributed by atoms with Crippen LogP contribution in [0.4, 0.5) is 0 Å². The van der Waals surface area contributed by atoms with E-state index < -0.39 is 34.2 Å². The van der Waals surface area contributed by atoms with Crippen LogP contribution < -0.4 is 10.4 Å². The van der Waals surface area contributed by atoms with E-state index in [1.165, 1.54) is 0 Å². The van der Waals surface area contributed by atoms with Gasteiger partial charge in [0.2, 0.25) is 0 Å². The second-order valence-electron chi connectivity index (χ2n) is 8.14. The molecule has 0 saturated carbocycles. The van der Waals surface area contributed by atoms with Gasteiger partial charge in [-0.25, -0.2) is 0 Å². The fourth-order valence-corrected chi connectivity index (χ4v) is 20.5. The Labute approximate surface area is 179 Å². The summed E-state index contributed by atoms with van der Waals surface area (Å²) in [5.41, 5.74) is 0. The van der Waals surface area contributed by atoms with Gasteiger partial charge in [0.15, 0.2) is 0 Å². The molecule has 9 heteroatoms. The molecule has 0 aliphatic heterocycles. The van der Waals surface area contributed by atoms with Crippen LogP contribution in [-0.2, 0) is 21.2 Å². The van der Waals surface area contributed by atoms with Gasteiger partial charge >= 0.3 is 34.2 Å². The average Bonchev–Trinajstić information content (AvgIpc) is 2.67. The van der Waals surface area contributed by atoms with E-state index in [9.17, 15) is 0 Å². The van der Waals surface area contributed by atoms with Crippen molar-refractivity contribution in [1.82, 2.24) is 0 Å². The molecule has 29 heavy (non-hydrogen) atoms. The van der Waals surface area contributed by atoms with Gasteiger partial charge in [-0.1, -0.05) is 60.7 Å². The van der Waals surface area contributed by atoms with Crippen molar-refractivity contribution in [1.29, 1.82) is 0 Å². The number of hydrogen-bond acceptors (Lipinski definition) is 5. The molecular weight excluding hydrogens is 433 g/mol. The molecule has 0 radical (unpaired) electrons. The second kappa shape index (κ2) is 9.50. The Bertz CT molecular complexity index is 709. The highest BCUT2D eigenvalue weighted by atomic mass is 28.5. The third kappa shape index (κ3) is 6.54. The van der Waals surface area contributed by atoms with Crippen LogP contribution >= 0.6 is 0 Å². The molecule has 0 spiro atoms. The summed E-state index contributed by atoms with van der Waals surface area (Å²) in [6, 6.07) is 20.3. The van der Waals surface area contributed by atoms with Crippen molar-refractivity contribution < 1.29 is 21.2 Å². The van der Waals surface area contributed by atoms with E-state index in [4.69, 9.17) is 21.2 Å². The summed E-state index contributed by atoms with van der Waals surface area (Å²) in [5, 5.41) is 2.18. The quantitative estimate of drug-likeness (QED) is 0.500. The number of hydrogen-bond donors (Lipinski definition) is 0. The maximum atomic E-state index is 6.61. The van der Waals surface area contributed by atoms with Crippen LogP contribution in [0.25, 0.3) is 0 Å². The highest BCUT2D eigenvalue weighted by Crippen LogP contribution is 2.24. The summed E-state index contributed by atoms with van der Waals surface area (Å²) in [6.07, 6.45) is 0. The lowest BCUT2D eigenvalue weighted by Gasteiger charge is -2.41. The third-order valence-electron chi connectivity index (χ3n) is 4.75. The Hall–Kier alpha value is -0.892. The van der Waals surface area contributed by atoms with Gasteiger partial charge in [0, 0.05) is 14.2 Å². The lowest BCUT2D eigenvalue weighted by Crippen LogP contribution is -2.63. The summed E-state index contributed by atoms with van der Waals surface area (Å²) in [4.78, 5) is 0. The monoisotopic (exact) mass is 466 g/mol. The van der Waals surface area contributed by atoms with Gasteiger partial charge in [0.05, 0.1) is 0 Å². The van der Waals surface area contributed by atoms with Gasteiger partial charge in [-0.3, -0.25) is 0 Å². The molecule has 2 aromatic carbocycles. The Balaban J connectivity index is 2.19. The number of rotatable bonds is 10. The van der Waals surface area contributed by atoms with Crippen LogP contribution in [0.5, 0.6) is 0 Å². The maximum Gasteiger partial charge on any atom is 0.360 e. The summed E-state index contributed by atoms with van der Waals surface area (Å²) in [6.45, 7) is 12.4. The van der Waals surface area contributed by atoms with Gasteiger partial charge in [-0.15, -0.1) is 0 Å². The zero-order chi connectivity index (χ0) is 21.8. The predicted octanol–water partition coefficient (Wildman–Crippen LogP) is 3.69.